The van der Waals surface area contributed by atoms with Crippen molar-refractivity contribution in [3.05, 3.63) is 70.5 Å². The summed E-state index contributed by atoms with van der Waals surface area (Å²) in [6, 6.07) is 13.2. The molecule has 1 amide bonds. The fraction of sp³-hybridized carbons (Fsp3) is 0.158. The van der Waals surface area contributed by atoms with Gasteiger partial charge in [0.2, 0.25) is 0 Å². The molecule has 0 radical (unpaired) electrons. The van der Waals surface area contributed by atoms with Crippen LogP contribution in [0.25, 0.3) is 10.2 Å². The van der Waals surface area contributed by atoms with Crippen LogP contribution in [-0.4, -0.2) is 17.1 Å². The Morgan fingerprint density at radius 3 is 2.92 bits per heavy atom. The first kappa shape index (κ1) is 17.5. The maximum absolute atomic E-state index is 12.2. The van der Waals surface area contributed by atoms with Gasteiger partial charge in [0.05, 0.1) is 10.2 Å². The Morgan fingerprint density at radius 1 is 1.36 bits per heavy atom. The van der Waals surface area contributed by atoms with Crippen LogP contribution in [0.4, 0.5) is 0 Å². The quantitative estimate of drug-likeness (QED) is 0.624. The molecule has 0 aliphatic heterocycles. The Balaban J connectivity index is 1.89. The third kappa shape index (κ3) is 4.00. The minimum Gasteiger partial charge on any atom is -0.483 e. The smallest absolute Gasteiger partial charge is 0.286 e. The normalized spacial score (nSPS) is 11.7. The molecule has 128 valence electrons. The standard InChI is InChI=1S/C19H17ClN2O2S/c1-3-10-22-15-9-8-14(20)11-17(15)25-19(22)21-18(23)12-24-16-7-5-4-6-13(16)2/h3-9,11H,1,10,12H2,2H3. The minimum atomic E-state index is -0.335. The molecular formula is C19H17ClN2O2S. The second-order valence-electron chi connectivity index (χ2n) is 5.46. The summed E-state index contributed by atoms with van der Waals surface area (Å²) in [7, 11) is 0. The van der Waals surface area contributed by atoms with Crippen molar-refractivity contribution in [2.24, 2.45) is 4.99 Å². The van der Waals surface area contributed by atoms with Gasteiger partial charge < -0.3 is 9.30 Å². The SMILES string of the molecule is C=CCn1c(=NC(=O)COc2ccccc2C)sc2cc(Cl)ccc21. The lowest BCUT2D eigenvalue weighted by Gasteiger charge is -2.06. The van der Waals surface area contributed by atoms with Crippen LogP contribution in [-0.2, 0) is 11.3 Å². The lowest BCUT2D eigenvalue weighted by atomic mass is 10.2. The summed E-state index contributed by atoms with van der Waals surface area (Å²) < 4.78 is 8.49. The number of ether oxygens (including phenoxy) is 1. The molecule has 0 saturated heterocycles. The number of thiazole rings is 1. The van der Waals surface area contributed by atoms with E-state index in [1.165, 1.54) is 11.3 Å². The molecule has 0 unspecified atom stereocenters. The number of para-hydroxylation sites is 1. The number of carbonyl (C=O) groups is 1. The van der Waals surface area contributed by atoms with E-state index in [9.17, 15) is 4.79 Å². The van der Waals surface area contributed by atoms with Crippen LogP contribution < -0.4 is 9.54 Å². The van der Waals surface area contributed by atoms with E-state index in [2.05, 4.69) is 11.6 Å². The molecule has 0 bridgehead atoms. The van der Waals surface area contributed by atoms with Crippen molar-refractivity contribution in [2.75, 3.05) is 6.61 Å². The molecule has 0 fully saturated rings. The van der Waals surface area contributed by atoms with E-state index in [0.717, 1.165) is 15.8 Å². The van der Waals surface area contributed by atoms with Crippen LogP contribution in [0.1, 0.15) is 5.56 Å². The van der Waals surface area contributed by atoms with E-state index in [4.69, 9.17) is 16.3 Å². The first-order valence-corrected chi connectivity index (χ1v) is 8.93. The number of fused-ring (bicyclic) bond motifs is 1. The number of carbonyl (C=O) groups excluding carboxylic acids is 1. The molecule has 1 aromatic heterocycles. The van der Waals surface area contributed by atoms with E-state index in [-0.39, 0.29) is 12.5 Å². The molecule has 4 nitrogen and oxygen atoms in total. The molecule has 3 rings (SSSR count). The van der Waals surface area contributed by atoms with Crippen molar-refractivity contribution in [1.29, 1.82) is 0 Å². The lowest BCUT2D eigenvalue weighted by Crippen LogP contribution is -2.19. The van der Waals surface area contributed by atoms with Gasteiger partial charge in [-0.15, -0.1) is 6.58 Å². The maximum Gasteiger partial charge on any atom is 0.286 e. The van der Waals surface area contributed by atoms with Crippen molar-refractivity contribution in [3.8, 4) is 5.75 Å². The van der Waals surface area contributed by atoms with E-state index in [1.807, 2.05) is 54.0 Å². The highest BCUT2D eigenvalue weighted by atomic mass is 35.5. The molecule has 0 saturated carbocycles. The second-order valence-corrected chi connectivity index (χ2v) is 6.90. The largest absolute Gasteiger partial charge is 0.483 e. The van der Waals surface area contributed by atoms with Crippen molar-refractivity contribution in [3.63, 3.8) is 0 Å². The van der Waals surface area contributed by atoms with Crippen LogP contribution in [0.5, 0.6) is 5.75 Å². The van der Waals surface area contributed by atoms with Gasteiger partial charge >= 0.3 is 0 Å². The van der Waals surface area contributed by atoms with Gasteiger partial charge in [-0.3, -0.25) is 4.79 Å². The first-order valence-electron chi connectivity index (χ1n) is 7.74. The van der Waals surface area contributed by atoms with Crippen molar-refractivity contribution >= 4 is 39.1 Å². The molecule has 6 heteroatoms. The number of hydrogen-bond acceptors (Lipinski definition) is 3. The Morgan fingerprint density at radius 2 is 2.16 bits per heavy atom. The van der Waals surface area contributed by atoms with Gasteiger partial charge in [0.1, 0.15) is 5.75 Å². The molecule has 1 heterocycles. The predicted molar refractivity (Wildman–Crippen MR) is 102 cm³/mol. The van der Waals surface area contributed by atoms with Gasteiger partial charge in [-0.2, -0.15) is 4.99 Å². The number of hydrogen-bond donors (Lipinski definition) is 0. The zero-order valence-electron chi connectivity index (χ0n) is 13.7. The number of aryl methyl sites for hydroxylation is 1. The molecule has 0 spiro atoms. The van der Waals surface area contributed by atoms with Gasteiger partial charge in [0.15, 0.2) is 11.4 Å². The van der Waals surface area contributed by atoms with Crippen molar-refractivity contribution in [2.45, 2.75) is 13.5 Å². The van der Waals surface area contributed by atoms with Gasteiger partial charge in [-0.1, -0.05) is 47.2 Å². The minimum absolute atomic E-state index is 0.103. The summed E-state index contributed by atoms with van der Waals surface area (Å²) in [6.45, 7) is 6.17. The molecule has 0 N–H and O–H groups in total. The summed E-state index contributed by atoms with van der Waals surface area (Å²) in [5.41, 5.74) is 1.95. The highest BCUT2D eigenvalue weighted by Crippen LogP contribution is 2.22. The van der Waals surface area contributed by atoms with Crippen LogP contribution in [0.3, 0.4) is 0 Å². The van der Waals surface area contributed by atoms with E-state index < -0.39 is 0 Å². The van der Waals surface area contributed by atoms with Crippen LogP contribution in [0.2, 0.25) is 5.02 Å². The summed E-state index contributed by atoms with van der Waals surface area (Å²) in [6.07, 6.45) is 1.77. The molecular weight excluding hydrogens is 356 g/mol. The third-order valence-corrected chi connectivity index (χ3v) is 4.90. The second kappa shape index (κ2) is 7.68. The van der Waals surface area contributed by atoms with E-state index in [0.29, 0.717) is 22.1 Å². The van der Waals surface area contributed by atoms with Gasteiger partial charge in [0, 0.05) is 11.6 Å². The predicted octanol–water partition coefficient (Wildman–Crippen LogP) is 4.36. The third-order valence-electron chi connectivity index (χ3n) is 3.62. The average molecular weight is 373 g/mol. The zero-order valence-corrected chi connectivity index (χ0v) is 15.3. The molecule has 0 aliphatic rings. The van der Waals surface area contributed by atoms with Crippen molar-refractivity contribution in [1.82, 2.24) is 4.57 Å². The lowest BCUT2D eigenvalue weighted by molar-refractivity contribution is -0.120. The fourth-order valence-electron chi connectivity index (χ4n) is 2.43. The highest BCUT2D eigenvalue weighted by molar-refractivity contribution is 7.16. The first-order chi connectivity index (χ1) is 12.1. The highest BCUT2D eigenvalue weighted by Gasteiger charge is 2.08. The number of halogens is 1. The summed E-state index contributed by atoms with van der Waals surface area (Å²) in [4.78, 5) is 17.1. The Hall–Kier alpha value is -2.37. The number of amides is 1. The Bertz CT molecular complexity index is 1000. The summed E-state index contributed by atoms with van der Waals surface area (Å²) >= 11 is 7.47. The van der Waals surface area contributed by atoms with Crippen LogP contribution >= 0.6 is 22.9 Å². The fourth-order valence-corrected chi connectivity index (χ4v) is 3.77. The number of benzene rings is 2. The monoisotopic (exact) mass is 372 g/mol. The van der Waals surface area contributed by atoms with E-state index in [1.54, 1.807) is 6.08 Å². The van der Waals surface area contributed by atoms with Crippen molar-refractivity contribution < 1.29 is 9.53 Å². The molecule has 2 aromatic carbocycles. The summed E-state index contributed by atoms with van der Waals surface area (Å²) in [5, 5.41) is 0.653. The number of allylic oxidation sites excluding steroid dienone is 1. The van der Waals surface area contributed by atoms with Gasteiger partial charge in [-0.05, 0) is 36.8 Å². The maximum atomic E-state index is 12.2. The zero-order chi connectivity index (χ0) is 17.8. The number of rotatable bonds is 5. The van der Waals surface area contributed by atoms with Gasteiger partial charge in [0.25, 0.3) is 5.91 Å². The van der Waals surface area contributed by atoms with Gasteiger partial charge in [-0.25, -0.2) is 0 Å². The molecule has 0 atom stereocenters. The number of nitrogens with zero attached hydrogens (tertiary/aromatic N) is 2. The molecule has 0 aliphatic carbocycles. The van der Waals surface area contributed by atoms with E-state index >= 15 is 0 Å². The number of aromatic nitrogens is 1. The topological polar surface area (TPSA) is 43.6 Å². The van der Waals surface area contributed by atoms with Crippen LogP contribution in [0, 0.1) is 6.92 Å². The Kier molecular flexibility index (Phi) is 5.36. The Labute approximate surface area is 154 Å². The van der Waals surface area contributed by atoms with Crippen LogP contribution in [0.15, 0.2) is 60.1 Å². The molecule has 3 aromatic rings. The molecule has 25 heavy (non-hydrogen) atoms. The average Bonchev–Trinajstić information content (AvgIpc) is 2.91. The summed E-state index contributed by atoms with van der Waals surface area (Å²) in [5.74, 6) is 0.354.